The number of nitrogens with zero attached hydrogens (tertiary/aromatic N) is 5. The maximum Gasteiger partial charge on any atom is 0.228 e. The minimum atomic E-state index is 0.176. The summed E-state index contributed by atoms with van der Waals surface area (Å²) in [5, 5.41) is 0.713. The first kappa shape index (κ1) is 20.0. The Morgan fingerprint density at radius 3 is 2.45 bits per heavy atom. The van der Waals surface area contributed by atoms with Crippen LogP contribution in [0.1, 0.15) is 6.42 Å². The smallest absolute Gasteiger partial charge is 0.228 e. The van der Waals surface area contributed by atoms with Gasteiger partial charge in [0.15, 0.2) is 0 Å². The maximum atomic E-state index is 12.9. The van der Waals surface area contributed by atoms with Crippen LogP contribution < -0.4 is 9.80 Å². The average molecular weight is 434 g/mol. The second-order valence-corrected chi connectivity index (χ2v) is 8.37. The van der Waals surface area contributed by atoms with Gasteiger partial charge in [0.05, 0.1) is 0 Å². The van der Waals surface area contributed by atoms with E-state index in [-0.39, 0.29) is 11.9 Å². The molecule has 1 aromatic heterocycles. The van der Waals surface area contributed by atoms with Gasteiger partial charge in [-0.3, -0.25) is 9.69 Å². The molecule has 7 heteroatoms. The van der Waals surface area contributed by atoms with Gasteiger partial charge in [-0.1, -0.05) is 41.9 Å². The summed E-state index contributed by atoms with van der Waals surface area (Å²) in [5.41, 5.74) is 2.94. The van der Waals surface area contributed by atoms with Crippen LogP contribution in [0.4, 0.5) is 11.6 Å². The van der Waals surface area contributed by atoms with Crippen LogP contribution in [-0.4, -0.2) is 59.5 Å². The number of piperazine rings is 1. The lowest BCUT2D eigenvalue weighted by Crippen LogP contribution is -2.51. The highest BCUT2D eigenvalue weighted by Gasteiger charge is 2.35. The quantitative estimate of drug-likeness (QED) is 0.627. The Kier molecular flexibility index (Phi) is 5.57. The Morgan fingerprint density at radius 2 is 1.68 bits per heavy atom. The number of aromatic nitrogens is 2. The highest BCUT2D eigenvalue weighted by atomic mass is 35.5. The van der Waals surface area contributed by atoms with Crippen LogP contribution in [0.3, 0.4) is 0 Å². The second-order valence-electron chi connectivity index (χ2n) is 7.96. The molecule has 0 N–H and O–H groups in total. The lowest BCUT2D eigenvalue weighted by Gasteiger charge is -2.37. The van der Waals surface area contributed by atoms with Gasteiger partial charge in [-0.15, -0.1) is 0 Å². The van der Waals surface area contributed by atoms with E-state index in [4.69, 9.17) is 11.6 Å². The van der Waals surface area contributed by atoms with Crippen LogP contribution in [0.2, 0.25) is 5.02 Å². The lowest BCUT2D eigenvalue weighted by molar-refractivity contribution is -0.117. The van der Waals surface area contributed by atoms with Crippen molar-refractivity contribution >= 4 is 29.1 Å². The Morgan fingerprint density at radius 1 is 0.903 bits per heavy atom. The van der Waals surface area contributed by atoms with Crippen molar-refractivity contribution in [2.45, 2.75) is 12.5 Å². The van der Waals surface area contributed by atoms with E-state index in [2.05, 4.69) is 25.8 Å². The zero-order valence-corrected chi connectivity index (χ0v) is 17.9. The molecular weight excluding hydrogens is 410 g/mol. The molecule has 0 radical (unpaired) electrons. The van der Waals surface area contributed by atoms with E-state index in [0.717, 1.165) is 48.9 Å². The van der Waals surface area contributed by atoms with Gasteiger partial charge >= 0.3 is 0 Å². The highest BCUT2D eigenvalue weighted by Crippen LogP contribution is 2.32. The summed E-state index contributed by atoms with van der Waals surface area (Å²) in [4.78, 5) is 28.1. The van der Waals surface area contributed by atoms with Gasteiger partial charge in [-0.25, -0.2) is 9.97 Å². The molecule has 3 heterocycles. The fraction of sp³-hybridized carbons (Fsp3) is 0.292. The molecule has 0 aliphatic carbocycles. The number of halogens is 1. The van der Waals surface area contributed by atoms with Gasteiger partial charge in [-0.2, -0.15) is 0 Å². The Labute approximate surface area is 187 Å². The molecule has 0 bridgehead atoms. The van der Waals surface area contributed by atoms with Gasteiger partial charge in [0.1, 0.15) is 0 Å². The minimum absolute atomic E-state index is 0.176. The van der Waals surface area contributed by atoms with Crippen molar-refractivity contribution in [3.63, 3.8) is 0 Å². The molecule has 0 spiro atoms. The van der Waals surface area contributed by atoms with Crippen molar-refractivity contribution in [1.82, 2.24) is 14.9 Å². The number of rotatable bonds is 4. The summed E-state index contributed by atoms with van der Waals surface area (Å²) >= 11 is 6.38. The molecule has 1 amide bonds. The van der Waals surface area contributed by atoms with Crippen molar-refractivity contribution < 1.29 is 4.79 Å². The zero-order valence-electron chi connectivity index (χ0n) is 17.2. The van der Waals surface area contributed by atoms with E-state index < -0.39 is 0 Å². The largest absolute Gasteiger partial charge is 0.338 e. The van der Waals surface area contributed by atoms with Gasteiger partial charge in [0, 0.05) is 73.9 Å². The molecule has 3 aromatic rings. The first-order valence-electron chi connectivity index (χ1n) is 10.6. The van der Waals surface area contributed by atoms with Crippen molar-refractivity contribution in [1.29, 1.82) is 0 Å². The Balaban J connectivity index is 1.27. The zero-order chi connectivity index (χ0) is 21.2. The summed E-state index contributed by atoms with van der Waals surface area (Å²) in [7, 11) is 0. The van der Waals surface area contributed by atoms with E-state index >= 15 is 0 Å². The van der Waals surface area contributed by atoms with Crippen molar-refractivity contribution in [3.05, 3.63) is 72.0 Å². The van der Waals surface area contributed by atoms with Gasteiger partial charge in [0.25, 0.3) is 0 Å². The molecule has 2 fully saturated rings. The topological polar surface area (TPSA) is 52.6 Å². The third-order valence-electron chi connectivity index (χ3n) is 6.11. The summed E-state index contributed by atoms with van der Waals surface area (Å²) < 4.78 is 0. The highest BCUT2D eigenvalue weighted by molar-refractivity contribution is 6.33. The third-order valence-corrected chi connectivity index (χ3v) is 6.44. The first-order chi connectivity index (χ1) is 15.2. The summed E-state index contributed by atoms with van der Waals surface area (Å²) in [5.74, 6) is 0.956. The SMILES string of the molecule is O=C1CC(N2CCN(c3ncccn3)CC2)CN1c1cccc(-c2ccccc2Cl)c1. The number of hydrogen-bond acceptors (Lipinski definition) is 5. The number of benzene rings is 2. The normalized spacial score (nSPS) is 19.8. The second kappa shape index (κ2) is 8.65. The summed E-state index contributed by atoms with van der Waals surface area (Å²) in [6, 6.07) is 18.0. The molecule has 0 saturated carbocycles. The van der Waals surface area contributed by atoms with E-state index in [1.54, 1.807) is 12.4 Å². The summed E-state index contributed by atoms with van der Waals surface area (Å²) in [6.45, 7) is 4.27. The molecule has 31 heavy (non-hydrogen) atoms. The number of hydrogen-bond donors (Lipinski definition) is 0. The summed E-state index contributed by atoms with van der Waals surface area (Å²) in [6.07, 6.45) is 4.11. The average Bonchev–Trinajstić information content (AvgIpc) is 3.22. The number of anilines is 2. The third kappa shape index (κ3) is 4.13. The molecule has 2 aliphatic heterocycles. The van der Waals surface area contributed by atoms with Crippen molar-refractivity contribution in [3.8, 4) is 11.1 Å². The molecule has 2 aromatic carbocycles. The van der Waals surface area contributed by atoms with Crippen LogP contribution in [-0.2, 0) is 4.79 Å². The molecule has 1 unspecified atom stereocenters. The van der Waals surface area contributed by atoms with E-state index in [1.807, 2.05) is 53.4 Å². The molecule has 6 nitrogen and oxygen atoms in total. The lowest BCUT2D eigenvalue weighted by atomic mass is 10.0. The maximum absolute atomic E-state index is 12.9. The van der Waals surface area contributed by atoms with Gasteiger partial charge < -0.3 is 9.80 Å². The van der Waals surface area contributed by atoms with Crippen molar-refractivity contribution in [2.24, 2.45) is 0 Å². The Hall–Kier alpha value is -2.96. The standard InChI is InChI=1S/C24H24ClN5O/c25-22-8-2-1-7-21(22)18-5-3-6-19(15-18)30-17-20(16-23(30)31)28-11-13-29(14-12-28)24-26-9-4-10-27-24/h1-10,15,20H,11-14,16-17H2. The van der Waals surface area contributed by atoms with E-state index in [1.165, 1.54) is 0 Å². The van der Waals surface area contributed by atoms with Crippen LogP contribution >= 0.6 is 11.6 Å². The van der Waals surface area contributed by atoms with E-state index in [0.29, 0.717) is 18.0 Å². The predicted octanol–water partition coefficient (Wildman–Crippen LogP) is 3.72. The van der Waals surface area contributed by atoms with Crippen LogP contribution in [0.25, 0.3) is 11.1 Å². The molecular formula is C24H24ClN5O. The van der Waals surface area contributed by atoms with Crippen LogP contribution in [0, 0.1) is 0 Å². The number of amides is 1. The molecule has 158 valence electrons. The van der Waals surface area contributed by atoms with Gasteiger partial charge in [-0.05, 0) is 29.8 Å². The van der Waals surface area contributed by atoms with Crippen LogP contribution in [0.15, 0.2) is 67.0 Å². The van der Waals surface area contributed by atoms with Crippen LogP contribution in [0.5, 0.6) is 0 Å². The van der Waals surface area contributed by atoms with Crippen molar-refractivity contribution in [2.75, 3.05) is 42.5 Å². The minimum Gasteiger partial charge on any atom is -0.338 e. The molecule has 2 saturated heterocycles. The Bertz CT molecular complexity index is 1070. The first-order valence-corrected chi connectivity index (χ1v) is 11.0. The molecule has 5 rings (SSSR count). The monoisotopic (exact) mass is 433 g/mol. The fourth-order valence-corrected chi connectivity index (χ4v) is 4.71. The number of carbonyl (C=O) groups is 1. The van der Waals surface area contributed by atoms with Gasteiger partial charge in [0.2, 0.25) is 11.9 Å². The predicted molar refractivity (Wildman–Crippen MR) is 123 cm³/mol. The molecule has 2 aliphatic rings. The molecule has 1 atom stereocenters. The van der Waals surface area contributed by atoms with E-state index in [9.17, 15) is 4.79 Å². The number of carbonyl (C=O) groups excluding carboxylic acids is 1. The fourth-order valence-electron chi connectivity index (χ4n) is 4.46.